The van der Waals surface area contributed by atoms with Crippen molar-refractivity contribution in [3.8, 4) is 5.75 Å². The van der Waals surface area contributed by atoms with E-state index in [-0.39, 0.29) is 24.6 Å². The summed E-state index contributed by atoms with van der Waals surface area (Å²) in [6.45, 7) is 4.03. The van der Waals surface area contributed by atoms with E-state index in [1.54, 1.807) is 7.11 Å². The Labute approximate surface area is 221 Å². The van der Waals surface area contributed by atoms with Crippen LogP contribution < -0.4 is 21.1 Å². The molecular formula is C28H36N6O4. The first kappa shape index (κ1) is 26.2. The SMILES string of the molecule is CCC[C@@H](CO)Nc1nc(N)nc2c3ccccc3n(Cc3cc(CN[C@@H]4COC[C@H]4O)ccc3OC)c12. The number of anilines is 2. The van der Waals surface area contributed by atoms with Crippen LogP contribution in [0.5, 0.6) is 5.75 Å². The Morgan fingerprint density at radius 2 is 2.05 bits per heavy atom. The summed E-state index contributed by atoms with van der Waals surface area (Å²) in [5, 5.41) is 27.8. The lowest BCUT2D eigenvalue weighted by Gasteiger charge is -2.19. The molecule has 3 heterocycles. The Morgan fingerprint density at radius 3 is 2.79 bits per heavy atom. The average Bonchev–Trinajstić information content (AvgIpc) is 3.48. The molecule has 0 spiro atoms. The summed E-state index contributed by atoms with van der Waals surface area (Å²) in [6.07, 6.45) is 1.22. The molecule has 5 rings (SSSR count). The van der Waals surface area contributed by atoms with Crippen molar-refractivity contribution in [1.82, 2.24) is 19.9 Å². The van der Waals surface area contributed by atoms with Gasteiger partial charge in [0, 0.05) is 17.5 Å². The Hall–Kier alpha value is -3.44. The summed E-state index contributed by atoms with van der Waals surface area (Å²) >= 11 is 0. The van der Waals surface area contributed by atoms with Crippen LogP contribution in [-0.4, -0.2) is 69.9 Å². The second-order valence-electron chi connectivity index (χ2n) is 9.78. The lowest BCUT2D eigenvalue weighted by molar-refractivity contribution is 0.122. The smallest absolute Gasteiger partial charge is 0.222 e. The number of benzene rings is 2. The molecule has 3 atom stereocenters. The van der Waals surface area contributed by atoms with E-state index in [0.29, 0.717) is 32.1 Å². The number of para-hydroxylation sites is 1. The highest BCUT2D eigenvalue weighted by molar-refractivity contribution is 6.09. The molecular weight excluding hydrogens is 484 g/mol. The van der Waals surface area contributed by atoms with Crippen LogP contribution in [0.25, 0.3) is 21.9 Å². The summed E-state index contributed by atoms with van der Waals surface area (Å²) < 4.78 is 13.3. The van der Waals surface area contributed by atoms with Gasteiger partial charge in [-0.1, -0.05) is 37.6 Å². The van der Waals surface area contributed by atoms with Gasteiger partial charge in [0.15, 0.2) is 5.82 Å². The van der Waals surface area contributed by atoms with Gasteiger partial charge in [-0.05, 0) is 30.2 Å². The monoisotopic (exact) mass is 520 g/mol. The number of nitrogens with zero attached hydrogens (tertiary/aromatic N) is 3. The molecule has 0 amide bonds. The molecule has 1 saturated heterocycles. The summed E-state index contributed by atoms with van der Waals surface area (Å²) in [5.74, 6) is 1.55. The Bertz CT molecular complexity index is 1410. The lowest BCUT2D eigenvalue weighted by Crippen LogP contribution is -2.38. The van der Waals surface area contributed by atoms with Gasteiger partial charge in [-0.15, -0.1) is 0 Å². The Morgan fingerprint density at radius 1 is 1.21 bits per heavy atom. The van der Waals surface area contributed by atoms with Crippen LogP contribution in [0.3, 0.4) is 0 Å². The second-order valence-corrected chi connectivity index (χ2v) is 9.78. The number of nitrogens with two attached hydrogens (primary N) is 1. The average molecular weight is 521 g/mol. The van der Waals surface area contributed by atoms with Crippen molar-refractivity contribution in [2.45, 2.75) is 51.0 Å². The van der Waals surface area contributed by atoms with Gasteiger partial charge in [0.2, 0.25) is 5.95 Å². The van der Waals surface area contributed by atoms with Crippen molar-refractivity contribution in [3.05, 3.63) is 53.6 Å². The molecule has 0 radical (unpaired) electrons. The van der Waals surface area contributed by atoms with Crippen molar-refractivity contribution < 1.29 is 19.7 Å². The molecule has 2 aromatic heterocycles. The van der Waals surface area contributed by atoms with Crippen LogP contribution in [0.2, 0.25) is 0 Å². The maximum absolute atomic E-state index is 10.1. The molecule has 0 unspecified atom stereocenters. The number of aliphatic hydroxyl groups is 2. The predicted molar refractivity (Wildman–Crippen MR) is 148 cm³/mol. The third-order valence-corrected chi connectivity index (χ3v) is 7.11. The maximum Gasteiger partial charge on any atom is 0.222 e. The molecule has 0 saturated carbocycles. The van der Waals surface area contributed by atoms with E-state index in [1.165, 1.54) is 0 Å². The highest BCUT2D eigenvalue weighted by Gasteiger charge is 2.25. The van der Waals surface area contributed by atoms with E-state index in [1.807, 2.05) is 30.3 Å². The molecule has 2 aromatic carbocycles. The minimum absolute atomic E-state index is 0.0108. The maximum atomic E-state index is 10.1. The van der Waals surface area contributed by atoms with Gasteiger partial charge < -0.3 is 40.6 Å². The van der Waals surface area contributed by atoms with Crippen molar-refractivity contribution in [2.24, 2.45) is 0 Å². The van der Waals surface area contributed by atoms with Gasteiger partial charge in [0.05, 0.1) is 57.2 Å². The molecule has 1 fully saturated rings. The molecule has 0 bridgehead atoms. The predicted octanol–water partition coefficient (Wildman–Crippen LogP) is 2.65. The number of fused-ring (bicyclic) bond motifs is 3. The number of hydrogen-bond acceptors (Lipinski definition) is 9. The highest BCUT2D eigenvalue weighted by Crippen LogP contribution is 2.34. The summed E-state index contributed by atoms with van der Waals surface area (Å²) in [4.78, 5) is 9.17. The summed E-state index contributed by atoms with van der Waals surface area (Å²) in [7, 11) is 1.67. The zero-order valence-corrected chi connectivity index (χ0v) is 21.9. The van der Waals surface area contributed by atoms with E-state index in [0.717, 1.165) is 51.7 Å². The number of aromatic nitrogens is 3. The summed E-state index contributed by atoms with van der Waals surface area (Å²) in [5.41, 5.74) is 10.8. The van der Waals surface area contributed by atoms with E-state index < -0.39 is 6.10 Å². The number of hydrogen-bond donors (Lipinski definition) is 5. The third kappa shape index (κ3) is 5.25. The van der Waals surface area contributed by atoms with E-state index in [9.17, 15) is 10.2 Å². The van der Waals surface area contributed by atoms with Gasteiger partial charge in [0.25, 0.3) is 0 Å². The number of rotatable bonds is 11. The molecule has 10 nitrogen and oxygen atoms in total. The van der Waals surface area contributed by atoms with Crippen LogP contribution >= 0.6 is 0 Å². The van der Waals surface area contributed by atoms with E-state index >= 15 is 0 Å². The zero-order chi connectivity index (χ0) is 26.6. The fourth-order valence-corrected chi connectivity index (χ4v) is 5.18. The number of aliphatic hydroxyl groups excluding tert-OH is 2. The molecule has 0 aliphatic carbocycles. The molecule has 6 N–H and O–H groups in total. The van der Waals surface area contributed by atoms with Crippen molar-refractivity contribution in [3.63, 3.8) is 0 Å². The summed E-state index contributed by atoms with van der Waals surface area (Å²) in [6, 6.07) is 14.0. The Balaban J connectivity index is 1.57. The minimum Gasteiger partial charge on any atom is -0.496 e. The number of ether oxygens (including phenoxy) is 2. The molecule has 10 heteroatoms. The Kier molecular flexibility index (Phi) is 7.94. The molecule has 38 heavy (non-hydrogen) atoms. The normalized spacial score (nSPS) is 18.3. The molecule has 4 aromatic rings. The van der Waals surface area contributed by atoms with Crippen LogP contribution in [0.4, 0.5) is 11.8 Å². The van der Waals surface area contributed by atoms with Crippen molar-refractivity contribution >= 4 is 33.7 Å². The zero-order valence-electron chi connectivity index (χ0n) is 21.9. The van der Waals surface area contributed by atoms with Gasteiger partial charge in [-0.2, -0.15) is 4.98 Å². The topological polar surface area (TPSA) is 140 Å². The first-order chi connectivity index (χ1) is 18.5. The standard InChI is InChI=1S/C28H36N6O4/c1-3-6-19(14-35)31-27-26-25(32-28(29)33-27)20-7-4-5-8-22(20)34(26)13-18-11-17(9-10-24(18)37-2)12-30-21-15-38-16-23(21)36/h4-5,7-11,19,21,23,30,35-36H,3,6,12-16H2,1-2H3,(H3,29,31,32,33)/t19-,21+,23+/m0/s1. The fraction of sp³-hybridized carbons (Fsp3) is 0.429. The van der Waals surface area contributed by atoms with Crippen LogP contribution in [0, 0.1) is 0 Å². The number of nitrogen functional groups attached to an aromatic ring is 1. The molecule has 1 aliphatic rings. The van der Waals surface area contributed by atoms with Crippen molar-refractivity contribution in [2.75, 3.05) is 38.0 Å². The van der Waals surface area contributed by atoms with Crippen molar-refractivity contribution in [1.29, 1.82) is 0 Å². The largest absolute Gasteiger partial charge is 0.496 e. The first-order valence-corrected chi connectivity index (χ1v) is 13.1. The quantitative estimate of drug-likeness (QED) is 0.202. The fourth-order valence-electron chi connectivity index (χ4n) is 5.18. The second kappa shape index (κ2) is 11.5. The minimum atomic E-state index is -0.501. The lowest BCUT2D eigenvalue weighted by atomic mass is 10.1. The first-order valence-electron chi connectivity index (χ1n) is 13.1. The number of nitrogens with one attached hydrogen (secondary N) is 2. The van der Waals surface area contributed by atoms with Crippen LogP contribution in [-0.2, 0) is 17.8 Å². The number of methoxy groups -OCH3 is 1. The van der Waals surface area contributed by atoms with Gasteiger partial charge in [-0.3, -0.25) is 0 Å². The van der Waals surface area contributed by atoms with E-state index in [4.69, 9.17) is 15.2 Å². The highest BCUT2D eigenvalue weighted by atomic mass is 16.5. The van der Waals surface area contributed by atoms with Gasteiger partial charge in [-0.25, -0.2) is 4.98 Å². The van der Waals surface area contributed by atoms with Crippen LogP contribution in [0.1, 0.15) is 30.9 Å². The molecule has 1 aliphatic heterocycles. The van der Waals surface area contributed by atoms with Gasteiger partial charge in [0.1, 0.15) is 16.8 Å². The molecule has 202 valence electrons. The van der Waals surface area contributed by atoms with Gasteiger partial charge >= 0.3 is 0 Å². The third-order valence-electron chi connectivity index (χ3n) is 7.11. The van der Waals surface area contributed by atoms with E-state index in [2.05, 4.69) is 44.2 Å². The van der Waals surface area contributed by atoms with Crippen LogP contribution in [0.15, 0.2) is 42.5 Å².